The first-order valence-electron chi connectivity index (χ1n) is 6.48. The minimum Gasteiger partial charge on any atom is -0.392 e. The van der Waals surface area contributed by atoms with Gasteiger partial charge < -0.3 is 9.84 Å². The van der Waals surface area contributed by atoms with Crippen LogP contribution in [-0.4, -0.2) is 73.0 Å². The molecule has 2 saturated heterocycles. The number of morpholine rings is 1. The fraction of sp³-hybridized carbons (Fsp3) is 1.00. The topological polar surface area (TPSA) is 35.9 Å². The Bertz CT molecular complexity index is 207. The summed E-state index contributed by atoms with van der Waals surface area (Å²) >= 11 is 0. The van der Waals surface area contributed by atoms with Gasteiger partial charge >= 0.3 is 0 Å². The van der Waals surface area contributed by atoms with E-state index in [4.69, 9.17) is 4.74 Å². The number of nitrogens with zero attached hydrogens (tertiary/aromatic N) is 2. The maximum atomic E-state index is 9.66. The lowest BCUT2D eigenvalue weighted by Crippen LogP contribution is -2.50. The Labute approximate surface area is 98.2 Å². The number of rotatable bonds is 3. The van der Waals surface area contributed by atoms with Gasteiger partial charge in [0.05, 0.1) is 19.3 Å². The molecule has 4 nitrogen and oxygen atoms in total. The van der Waals surface area contributed by atoms with Crippen LogP contribution in [0.25, 0.3) is 0 Å². The molecule has 0 amide bonds. The van der Waals surface area contributed by atoms with Gasteiger partial charge in [-0.25, -0.2) is 0 Å². The summed E-state index contributed by atoms with van der Waals surface area (Å²) in [7, 11) is 0. The standard InChI is InChI=1S/C12H24N2O2/c1-11(9-13-5-7-16-8-6-13)14-4-2-3-12(15)10-14/h11-12,15H,2-10H2,1H3. The van der Waals surface area contributed by atoms with Crippen LogP contribution < -0.4 is 0 Å². The summed E-state index contributed by atoms with van der Waals surface area (Å²) in [6.07, 6.45) is 2.00. The van der Waals surface area contributed by atoms with Gasteiger partial charge in [0.25, 0.3) is 0 Å². The fourth-order valence-corrected chi connectivity index (χ4v) is 2.66. The van der Waals surface area contributed by atoms with E-state index in [1.807, 2.05) is 0 Å². The quantitative estimate of drug-likeness (QED) is 0.747. The van der Waals surface area contributed by atoms with Gasteiger partial charge in [0, 0.05) is 32.2 Å². The first-order valence-corrected chi connectivity index (χ1v) is 6.48. The molecule has 2 aliphatic rings. The van der Waals surface area contributed by atoms with Crippen molar-refractivity contribution in [1.82, 2.24) is 9.80 Å². The van der Waals surface area contributed by atoms with Gasteiger partial charge in [0.2, 0.25) is 0 Å². The highest BCUT2D eigenvalue weighted by atomic mass is 16.5. The third kappa shape index (κ3) is 3.42. The second-order valence-corrected chi connectivity index (χ2v) is 5.05. The van der Waals surface area contributed by atoms with Crippen LogP contribution in [0.5, 0.6) is 0 Å². The van der Waals surface area contributed by atoms with E-state index in [9.17, 15) is 5.11 Å². The lowest BCUT2D eigenvalue weighted by atomic mass is 10.1. The number of ether oxygens (including phenoxy) is 1. The van der Waals surface area contributed by atoms with Gasteiger partial charge in [-0.3, -0.25) is 9.80 Å². The zero-order valence-electron chi connectivity index (χ0n) is 10.3. The highest BCUT2D eigenvalue weighted by molar-refractivity contribution is 4.79. The third-order valence-corrected chi connectivity index (χ3v) is 3.68. The SMILES string of the molecule is CC(CN1CCOCC1)N1CCCC(O)C1. The number of aliphatic hydroxyl groups is 1. The smallest absolute Gasteiger partial charge is 0.0667 e. The zero-order chi connectivity index (χ0) is 11.4. The Morgan fingerprint density at radius 2 is 2.06 bits per heavy atom. The summed E-state index contributed by atoms with van der Waals surface area (Å²) in [6, 6.07) is 0.549. The lowest BCUT2D eigenvalue weighted by Gasteiger charge is -2.38. The maximum absolute atomic E-state index is 9.66. The minimum absolute atomic E-state index is 0.110. The van der Waals surface area contributed by atoms with Gasteiger partial charge in [-0.05, 0) is 26.3 Å². The molecule has 0 saturated carbocycles. The second kappa shape index (κ2) is 5.96. The Hall–Kier alpha value is -0.160. The average molecular weight is 228 g/mol. The average Bonchev–Trinajstić information content (AvgIpc) is 2.30. The molecule has 0 aromatic carbocycles. The van der Waals surface area contributed by atoms with Crippen LogP contribution in [-0.2, 0) is 4.74 Å². The van der Waals surface area contributed by atoms with Crippen LogP contribution in [0.2, 0.25) is 0 Å². The van der Waals surface area contributed by atoms with E-state index in [0.29, 0.717) is 6.04 Å². The number of likely N-dealkylation sites (tertiary alicyclic amines) is 1. The van der Waals surface area contributed by atoms with Crippen LogP contribution in [0.15, 0.2) is 0 Å². The molecule has 2 rings (SSSR count). The first kappa shape index (κ1) is 12.3. The molecule has 2 atom stereocenters. The van der Waals surface area contributed by atoms with E-state index in [1.54, 1.807) is 0 Å². The molecule has 0 aromatic heterocycles. The Morgan fingerprint density at radius 3 is 2.75 bits per heavy atom. The zero-order valence-corrected chi connectivity index (χ0v) is 10.3. The number of hydrogen-bond donors (Lipinski definition) is 1. The highest BCUT2D eigenvalue weighted by Crippen LogP contribution is 2.14. The molecule has 2 heterocycles. The van der Waals surface area contributed by atoms with E-state index < -0.39 is 0 Å². The summed E-state index contributed by atoms with van der Waals surface area (Å²) < 4.78 is 5.35. The summed E-state index contributed by atoms with van der Waals surface area (Å²) in [4.78, 5) is 4.89. The summed E-state index contributed by atoms with van der Waals surface area (Å²) in [5.74, 6) is 0. The van der Waals surface area contributed by atoms with Gasteiger partial charge in [0.15, 0.2) is 0 Å². The molecule has 2 fully saturated rings. The summed E-state index contributed by atoms with van der Waals surface area (Å²) in [6.45, 7) is 9.23. The minimum atomic E-state index is -0.110. The van der Waals surface area contributed by atoms with Gasteiger partial charge in [-0.15, -0.1) is 0 Å². The number of piperidine rings is 1. The summed E-state index contributed by atoms with van der Waals surface area (Å²) in [5, 5.41) is 9.66. The molecule has 4 heteroatoms. The Kier molecular flexibility index (Phi) is 4.58. The molecule has 0 aliphatic carbocycles. The van der Waals surface area contributed by atoms with Crippen molar-refractivity contribution in [3.63, 3.8) is 0 Å². The summed E-state index contributed by atoms with van der Waals surface area (Å²) in [5.41, 5.74) is 0. The fourth-order valence-electron chi connectivity index (χ4n) is 2.66. The van der Waals surface area contributed by atoms with E-state index >= 15 is 0 Å². The Balaban J connectivity index is 1.75. The van der Waals surface area contributed by atoms with E-state index in [2.05, 4.69) is 16.7 Å². The van der Waals surface area contributed by atoms with Gasteiger partial charge in [0.1, 0.15) is 0 Å². The molecule has 1 N–H and O–H groups in total. The van der Waals surface area contributed by atoms with Crippen LogP contribution in [0.3, 0.4) is 0 Å². The van der Waals surface area contributed by atoms with Crippen molar-refractivity contribution in [1.29, 1.82) is 0 Å². The molecule has 0 spiro atoms. The van der Waals surface area contributed by atoms with Crippen molar-refractivity contribution < 1.29 is 9.84 Å². The lowest BCUT2D eigenvalue weighted by molar-refractivity contribution is 0.00781. The largest absolute Gasteiger partial charge is 0.392 e. The number of aliphatic hydroxyl groups excluding tert-OH is 1. The number of β-amino-alcohol motifs (C(OH)–C–C–N with tert-alkyl or cyclic N) is 1. The third-order valence-electron chi connectivity index (χ3n) is 3.68. The first-order chi connectivity index (χ1) is 7.75. The molecular weight excluding hydrogens is 204 g/mol. The molecule has 2 unspecified atom stereocenters. The predicted molar refractivity (Wildman–Crippen MR) is 63.5 cm³/mol. The molecule has 94 valence electrons. The van der Waals surface area contributed by atoms with Crippen LogP contribution in [0, 0.1) is 0 Å². The molecule has 16 heavy (non-hydrogen) atoms. The van der Waals surface area contributed by atoms with E-state index in [-0.39, 0.29) is 6.10 Å². The normalized spacial score (nSPS) is 31.5. The Morgan fingerprint density at radius 1 is 1.31 bits per heavy atom. The van der Waals surface area contributed by atoms with Crippen molar-refractivity contribution in [2.45, 2.75) is 31.9 Å². The molecule has 0 bridgehead atoms. The van der Waals surface area contributed by atoms with Crippen molar-refractivity contribution in [3.05, 3.63) is 0 Å². The second-order valence-electron chi connectivity index (χ2n) is 5.05. The van der Waals surface area contributed by atoms with Crippen molar-refractivity contribution in [2.24, 2.45) is 0 Å². The monoisotopic (exact) mass is 228 g/mol. The van der Waals surface area contributed by atoms with Crippen LogP contribution in [0.4, 0.5) is 0 Å². The van der Waals surface area contributed by atoms with Crippen molar-refractivity contribution in [3.8, 4) is 0 Å². The van der Waals surface area contributed by atoms with E-state index in [0.717, 1.165) is 58.8 Å². The van der Waals surface area contributed by atoms with E-state index in [1.165, 1.54) is 0 Å². The maximum Gasteiger partial charge on any atom is 0.0667 e. The van der Waals surface area contributed by atoms with Crippen LogP contribution in [0.1, 0.15) is 19.8 Å². The molecule has 0 radical (unpaired) electrons. The van der Waals surface area contributed by atoms with Crippen molar-refractivity contribution >= 4 is 0 Å². The molecular formula is C12H24N2O2. The molecule has 0 aromatic rings. The van der Waals surface area contributed by atoms with Gasteiger partial charge in [-0.1, -0.05) is 0 Å². The highest BCUT2D eigenvalue weighted by Gasteiger charge is 2.23. The number of hydrogen-bond acceptors (Lipinski definition) is 4. The van der Waals surface area contributed by atoms with Crippen molar-refractivity contribution in [2.75, 3.05) is 45.9 Å². The van der Waals surface area contributed by atoms with Gasteiger partial charge in [-0.2, -0.15) is 0 Å². The predicted octanol–water partition coefficient (Wildman–Crippen LogP) is 0.164. The molecule has 2 aliphatic heterocycles. The van der Waals surface area contributed by atoms with Crippen LogP contribution >= 0.6 is 0 Å².